The predicted molar refractivity (Wildman–Crippen MR) is 141 cm³/mol. The Morgan fingerprint density at radius 1 is 1.06 bits per heavy atom. The van der Waals surface area contributed by atoms with Gasteiger partial charge in [0.25, 0.3) is 5.91 Å². The summed E-state index contributed by atoms with van der Waals surface area (Å²) in [6.07, 6.45) is 1.47. The van der Waals surface area contributed by atoms with Crippen LogP contribution in [-0.4, -0.2) is 26.6 Å². The average Bonchev–Trinajstić information content (AvgIpc) is 2.83. The number of halogens is 1. The lowest BCUT2D eigenvalue weighted by molar-refractivity contribution is -0.123. The molecule has 3 aromatic rings. The molecule has 1 atom stereocenters. The van der Waals surface area contributed by atoms with E-state index in [0.717, 1.165) is 15.6 Å². The highest BCUT2D eigenvalue weighted by molar-refractivity contribution is 9.10. The zero-order valence-corrected chi connectivity index (χ0v) is 22.1. The van der Waals surface area contributed by atoms with Crippen LogP contribution in [0, 0.1) is 12.8 Å². The maximum absolute atomic E-state index is 12.8. The second-order valence-electron chi connectivity index (χ2n) is 8.35. The number of benzene rings is 3. The van der Waals surface area contributed by atoms with Crippen LogP contribution in [0.15, 0.2) is 87.3 Å². The minimum atomic E-state index is -3.88. The Hall–Kier alpha value is -3.01. The van der Waals surface area contributed by atoms with Gasteiger partial charge in [-0.25, -0.2) is 13.8 Å². The lowest BCUT2D eigenvalue weighted by Crippen LogP contribution is -2.48. The largest absolute Gasteiger partial charge is 0.488 e. The van der Waals surface area contributed by atoms with Crippen LogP contribution in [0.5, 0.6) is 5.75 Å². The van der Waals surface area contributed by atoms with Crippen LogP contribution in [-0.2, 0) is 21.4 Å². The topological polar surface area (TPSA) is 96.9 Å². The summed E-state index contributed by atoms with van der Waals surface area (Å²) >= 11 is 3.43. The van der Waals surface area contributed by atoms with Gasteiger partial charge in [0, 0.05) is 10.0 Å². The molecule has 184 valence electrons. The monoisotopic (exact) mass is 557 g/mol. The summed E-state index contributed by atoms with van der Waals surface area (Å²) in [5.74, 6) is -0.273. The molecule has 7 nitrogen and oxygen atoms in total. The van der Waals surface area contributed by atoms with Crippen LogP contribution in [0.25, 0.3) is 0 Å². The van der Waals surface area contributed by atoms with Crippen LogP contribution in [0.3, 0.4) is 0 Å². The number of sulfonamides is 1. The van der Waals surface area contributed by atoms with E-state index in [1.54, 1.807) is 26.0 Å². The van der Waals surface area contributed by atoms with Crippen molar-refractivity contribution in [2.45, 2.75) is 38.3 Å². The molecule has 3 aromatic carbocycles. The summed E-state index contributed by atoms with van der Waals surface area (Å²) < 4.78 is 34.8. The quantitative estimate of drug-likeness (QED) is 0.276. The molecule has 0 heterocycles. The molecule has 0 radical (unpaired) electrons. The van der Waals surface area contributed by atoms with Crippen LogP contribution in [0.1, 0.15) is 30.5 Å². The Labute approximate surface area is 214 Å². The molecule has 9 heteroatoms. The molecule has 0 aromatic heterocycles. The van der Waals surface area contributed by atoms with E-state index in [0.29, 0.717) is 17.9 Å². The van der Waals surface area contributed by atoms with E-state index in [-0.39, 0.29) is 10.8 Å². The fraction of sp³-hybridized carbons (Fsp3) is 0.231. The van der Waals surface area contributed by atoms with E-state index in [1.165, 1.54) is 18.3 Å². The van der Waals surface area contributed by atoms with Crippen LogP contribution in [0.4, 0.5) is 0 Å². The van der Waals surface area contributed by atoms with Crippen molar-refractivity contribution in [3.05, 3.63) is 94.0 Å². The summed E-state index contributed by atoms with van der Waals surface area (Å²) in [4.78, 5) is 12.9. The van der Waals surface area contributed by atoms with Crippen molar-refractivity contribution < 1.29 is 17.9 Å². The molecule has 0 aliphatic heterocycles. The first-order valence-corrected chi connectivity index (χ1v) is 13.3. The molecule has 0 aliphatic rings. The highest BCUT2D eigenvalue weighted by Crippen LogP contribution is 2.23. The number of carbonyl (C=O) groups is 1. The highest BCUT2D eigenvalue weighted by atomic mass is 79.9. The Morgan fingerprint density at radius 2 is 1.74 bits per heavy atom. The SMILES string of the molecule is Cc1ccc(S(=O)(=O)N[C@@H](C(=O)N/N=C\c2cc(Br)ccc2OCc2ccccc2)C(C)C)cc1. The van der Waals surface area contributed by atoms with E-state index in [9.17, 15) is 13.2 Å². The molecule has 0 saturated heterocycles. The highest BCUT2D eigenvalue weighted by Gasteiger charge is 2.28. The van der Waals surface area contributed by atoms with Gasteiger partial charge in [-0.1, -0.05) is 77.8 Å². The molecule has 0 fully saturated rings. The van der Waals surface area contributed by atoms with Gasteiger partial charge in [0.15, 0.2) is 0 Å². The Kier molecular flexibility index (Phi) is 9.20. The molecule has 0 aliphatic carbocycles. The standard InChI is InChI=1S/C26H28BrN3O4S/c1-18(2)25(30-35(32,33)23-12-9-19(3)10-13-23)26(31)29-28-16-21-15-22(27)11-14-24(21)34-17-20-7-5-4-6-8-20/h4-16,18,25,30H,17H2,1-3H3,(H,29,31)/b28-16-/t25-/m1/s1. The minimum Gasteiger partial charge on any atom is -0.488 e. The fourth-order valence-electron chi connectivity index (χ4n) is 3.17. The van der Waals surface area contributed by atoms with E-state index in [1.807, 2.05) is 55.5 Å². The average molecular weight is 558 g/mol. The predicted octanol–water partition coefficient (Wildman–Crippen LogP) is 4.79. The number of hydrogen-bond donors (Lipinski definition) is 2. The Morgan fingerprint density at radius 3 is 2.40 bits per heavy atom. The summed E-state index contributed by atoms with van der Waals surface area (Å²) in [5.41, 5.74) is 5.06. The number of carbonyl (C=O) groups excluding carboxylic acids is 1. The van der Waals surface area contributed by atoms with Crippen molar-refractivity contribution in [2.24, 2.45) is 11.0 Å². The first-order valence-electron chi connectivity index (χ1n) is 11.0. The summed E-state index contributed by atoms with van der Waals surface area (Å²) in [7, 11) is -3.88. The molecule has 1 amide bonds. The van der Waals surface area contributed by atoms with Gasteiger partial charge in [-0.3, -0.25) is 4.79 Å². The van der Waals surface area contributed by atoms with Gasteiger partial charge < -0.3 is 4.74 Å². The zero-order chi connectivity index (χ0) is 25.4. The van der Waals surface area contributed by atoms with Crippen molar-refractivity contribution in [1.82, 2.24) is 10.1 Å². The molecule has 0 bridgehead atoms. The minimum absolute atomic E-state index is 0.0967. The van der Waals surface area contributed by atoms with Gasteiger partial charge >= 0.3 is 0 Å². The first kappa shape index (κ1) is 26.6. The van der Waals surface area contributed by atoms with Gasteiger partial charge in [0.05, 0.1) is 11.1 Å². The molecule has 0 spiro atoms. The van der Waals surface area contributed by atoms with Gasteiger partial charge in [0.1, 0.15) is 18.4 Å². The smallest absolute Gasteiger partial charge is 0.258 e. The lowest BCUT2D eigenvalue weighted by atomic mass is 10.1. The van der Waals surface area contributed by atoms with Crippen molar-refractivity contribution in [3.8, 4) is 5.75 Å². The Bertz CT molecular complexity index is 1280. The molecular formula is C26H28BrN3O4S. The number of aryl methyl sites for hydroxylation is 1. The maximum atomic E-state index is 12.8. The summed E-state index contributed by atoms with van der Waals surface area (Å²) in [6, 6.07) is 20.7. The number of hydrogen-bond acceptors (Lipinski definition) is 5. The first-order chi connectivity index (χ1) is 16.7. The van der Waals surface area contributed by atoms with E-state index >= 15 is 0 Å². The normalized spacial score (nSPS) is 12.6. The van der Waals surface area contributed by atoms with E-state index in [4.69, 9.17) is 4.74 Å². The van der Waals surface area contributed by atoms with Crippen LogP contribution in [0.2, 0.25) is 0 Å². The van der Waals surface area contributed by atoms with Gasteiger partial charge in [-0.2, -0.15) is 9.82 Å². The van der Waals surface area contributed by atoms with Crippen molar-refractivity contribution in [1.29, 1.82) is 0 Å². The second-order valence-corrected chi connectivity index (χ2v) is 11.0. The molecule has 3 rings (SSSR count). The van der Waals surface area contributed by atoms with Crippen molar-refractivity contribution in [2.75, 3.05) is 0 Å². The number of nitrogens with one attached hydrogen (secondary N) is 2. The van der Waals surface area contributed by atoms with Gasteiger partial charge in [0.2, 0.25) is 10.0 Å². The fourth-order valence-corrected chi connectivity index (χ4v) is 4.89. The Balaban J connectivity index is 1.69. The van der Waals surface area contributed by atoms with Crippen LogP contribution >= 0.6 is 15.9 Å². The number of amides is 1. The van der Waals surface area contributed by atoms with Crippen molar-refractivity contribution in [3.63, 3.8) is 0 Å². The molecule has 2 N–H and O–H groups in total. The number of nitrogens with zero attached hydrogens (tertiary/aromatic N) is 1. The molecule has 35 heavy (non-hydrogen) atoms. The van der Waals surface area contributed by atoms with Crippen LogP contribution < -0.4 is 14.9 Å². The third kappa shape index (κ3) is 7.74. The third-order valence-electron chi connectivity index (χ3n) is 5.15. The van der Waals surface area contributed by atoms with Crippen molar-refractivity contribution >= 4 is 38.1 Å². The lowest BCUT2D eigenvalue weighted by Gasteiger charge is -2.20. The maximum Gasteiger partial charge on any atom is 0.258 e. The summed E-state index contributed by atoms with van der Waals surface area (Å²) in [6.45, 7) is 5.77. The molecular weight excluding hydrogens is 530 g/mol. The number of ether oxygens (including phenoxy) is 1. The van der Waals surface area contributed by atoms with Gasteiger partial charge in [-0.05, 0) is 48.7 Å². The van der Waals surface area contributed by atoms with Gasteiger partial charge in [-0.15, -0.1) is 0 Å². The molecule has 0 unspecified atom stereocenters. The van der Waals surface area contributed by atoms with E-state index < -0.39 is 22.0 Å². The summed E-state index contributed by atoms with van der Waals surface area (Å²) in [5, 5.41) is 4.06. The zero-order valence-electron chi connectivity index (χ0n) is 19.7. The second kappa shape index (κ2) is 12.1. The number of hydrazone groups is 1. The number of rotatable bonds is 10. The molecule has 0 saturated carbocycles. The van der Waals surface area contributed by atoms with E-state index in [2.05, 4.69) is 31.2 Å². The third-order valence-corrected chi connectivity index (χ3v) is 7.10.